The highest BCUT2D eigenvalue weighted by Gasteiger charge is 2.04. The predicted octanol–water partition coefficient (Wildman–Crippen LogP) is 1.99. The highest BCUT2D eigenvalue weighted by molar-refractivity contribution is 5.33. The molecule has 0 aliphatic rings. The van der Waals surface area contributed by atoms with Gasteiger partial charge in [-0.3, -0.25) is 0 Å². The largest absolute Gasteiger partial charge is 0.505 e. The van der Waals surface area contributed by atoms with Gasteiger partial charge in [-0.25, -0.2) is 4.39 Å². The molecule has 1 N–H and O–H groups in total. The summed E-state index contributed by atoms with van der Waals surface area (Å²) in [7, 11) is 0. The third-order valence-electron chi connectivity index (χ3n) is 1.58. The zero-order valence-electron chi connectivity index (χ0n) is 6.42. The number of nitriles is 1. The van der Waals surface area contributed by atoms with Crippen LogP contribution in [0.15, 0.2) is 18.2 Å². The second-order valence-electron chi connectivity index (χ2n) is 2.41. The van der Waals surface area contributed by atoms with E-state index in [1.807, 2.05) is 6.07 Å². The molecule has 0 saturated heterocycles. The summed E-state index contributed by atoms with van der Waals surface area (Å²) in [4.78, 5) is 0. The van der Waals surface area contributed by atoms with Gasteiger partial charge in [0.25, 0.3) is 0 Å². The van der Waals surface area contributed by atoms with Crippen molar-refractivity contribution in [1.29, 1.82) is 5.26 Å². The first kappa shape index (κ1) is 8.54. The van der Waals surface area contributed by atoms with E-state index in [2.05, 4.69) is 0 Å². The summed E-state index contributed by atoms with van der Waals surface area (Å²) in [6.07, 6.45) is 0.678. The molecule has 0 aliphatic heterocycles. The van der Waals surface area contributed by atoms with Crippen LogP contribution in [-0.4, -0.2) is 5.11 Å². The molecule has 0 saturated carbocycles. The van der Waals surface area contributed by atoms with Crippen molar-refractivity contribution in [3.8, 4) is 11.8 Å². The molecule has 0 bridgehead atoms. The highest BCUT2D eigenvalue weighted by atomic mass is 19.1. The summed E-state index contributed by atoms with van der Waals surface area (Å²) in [5.74, 6) is -0.974. The van der Waals surface area contributed by atoms with Gasteiger partial charge in [0.2, 0.25) is 0 Å². The number of aromatic hydroxyl groups is 1. The minimum absolute atomic E-state index is 0.289. The number of rotatable bonds is 2. The predicted molar refractivity (Wildman–Crippen MR) is 42.0 cm³/mol. The molecule has 3 heteroatoms. The van der Waals surface area contributed by atoms with Crippen LogP contribution in [-0.2, 0) is 6.42 Å². The number of aryl methyl sites for hydroxylation is 1. The Morgan fingerprint density at radius 3 is 2.92 bits per heavy atom. The summed E-state index contributed by atoms with van der Waals surface area (Å²) in [6, 6.07) is 6.24. The van der Waals surface area contributed by atoms with Crippen molar-refractivity contribution in [2.24, 2.45) is 0 Å². The third-order valence-corrected chi connectivity index (χ3v) is 1.58. The minimum atomic E-state index is -0.634. The molecule has 0 heterocycles. The van der Waals surface area contributed by atoms with Crippen LogP contribution in [0.25, 0.3) is 0 Å². The van der Waals surface area contributed by atoms with E-state index >= 15 is 0 Å². The van der Waals surface area contributed by atoms with E-state index in [9.17, 15) is 4.39 Å². The van der Waals surface area contributed by atoms with Crippen molar-refractivity contribution in [3.63, 3.8) is 0 Å². The topological polar surface area (TPSA) is 44.0 Å². The van der Waals surface area contributed by atoms with E-state index in [1.54, 1.807) is 6.07 Å². The lowest BCUT2D eigenvalue weighted by atomic mass is 10.1. The van der Waals surface area contributed by atoms with Gasteiger partial charge < -0.3 is 5.11 Å². The van der Waals surface area contributed by atoms with E-state index in [0.717, 1.165) is 0 Å². The second kappa shape index (κ2) is 3.72. The fourth-order valence-electron chi connectivity index (χ4n) is 0.952. The number of phenolic OH excluding ortho intramolecular Hbond substituents is 1. The monoisotopic (exact) mass is 165 g/mol. The van der Waals surface area contributed by atoms with Crippen LogP contribution >= 0.6 is 0 Å². The lowest BCUT2D eigenvalue weighted by Gasteiger charge is -2.01. The second-order valence-corrected chi connectivity index (χ2v) is 2.41. The Hall–Kier alpha value is -1.56. The summed E-state index contributed by atoms with van der Waals surface area (Å²) >= 11 is 0. The summed E-state index contributed by atoms with van der Waals surface area (Å²) < 4.78 is 12.7. The first-order chi connectivity index (χ1) is 5.75. The van der Waals surface area contributed by atoms with E-state index in [4.69, 9.17) is 10.4 Å². The van der Waals surface area contributed by atoms with Gasteiger partial charge in [-0.15, -0.1) is 0 Å². The molecule has 1 aromatic carbocycles. The van der Waals surface area contributed by atoms with Gasteiger partial charge in [-0.05, 0) is 18.1 Å². The Balaban J connectivity index is 2.86. The van der Waals surface area contributed by atoms with Crippen molar-refractivity contribution in [2.75, 3.05) is 0 Å². The van der Waals surface area contributed by atoms with Crippen LogP contribution in [0, 0.1) is 17.1 Å². The summed E-state index contributed by atoms with van der Waals surface area (Å²) in [6.45, 7) is 0. The van der Waals surface area contributed by atoms with Crippen LogP contribution in [0.1, 0.15) is 12.0 Å². The van der Waals surface area contributed by atoms with Crippen LogP contribution in [0.4, 0.5) is 4.39 Å². The third kappa shape index (κ3) is 1.73. The zero-order chi connectivity index (χ0) is 8.97. The van der Waals surface area contributed by atoms with Crippen molar-refractivity contribution < 1.29 is 9.50 Å². The quantitative estimate of drug-likeness (QED) is 0.728. The molecule has 1 rings (SSSR count). The Kier molecular flexibility index (Phi) is 2.65. The molecule has 0 amide bonds. The number of hydrogen-bond acceptors (Lipinski definition) is 2. The lowest BCUT2D eigenvalue weighted by molar-refractivity contribution is 0.426. The first-order valence-corrected chi connectivity index (χ1v) is 3.59. The van der Waals surface area contributed by atoms with Gasteiger partial charge in [0.15, 0.2) is 11.6 Å². The Bertz CT molecular complexity index is 317. The lowest BCUT2D eigenvalue weighted by Crippen LogP contribution is -1.87. The van der Waals surface area contributed by atoms with Crippen LogP contribution in [0.2, 0.25) is 0 Å². The van der Waals surface area contributed by atoms with Crippen molar-refractivity contribution in [2.45, 2.75) is 12.8 Å². The number of para-hydroxylation sites is 1. The molecule has 2 nitrogen and oxygen atoms in total. The van der Waals surface area contributed by atoms with Crippen LogP contribution in [0.3, 0.4) is 0 Å². The van der Waals surface area contributed by atoms with Crippen molar-refractivity contribution in [1.82, 2.24) is 0 Å². The van der Waals surface area contributed by atoms with E-state index < -0.39 is 5.82 Å². The molecule has 12 heavy (non-hydrogen) atoms. The van der Waals surface area contributed by atoms with Gasteiger partial charge in [0.1, 0.15) is 0 Å². The van der Waals surface area contributed by atoms with Crippen molar-refractivity contribution in [3.05, 3.63) is 29.6 Å². The summed E-state index contributed by atoms with van der Waals surface area (Å²) in [5, 5.41) is 17.4. The molecule has 0 spiro atoms. The fraction of sp³-hybridized carbons (Fsp3) is 0.222. The first-order valence-electron chi connectivity index (χ1n) is 3.59. The SMILES string of the molecule is N#CCCc1cccc(F)c1O. The average Bonchev–Trinajstić information content (AvgIpc) is 2.08. The molecule has 0 fully saturated rings. The number of hydrogen-bond donors (Lipinski definition) is 1. The van der Waals surface area contributed by atoms with E-state index in [1.165, 1.54) is 12.1 Å². The maximum Gasteiger partial charge on any atom is 0.165 e. The molecule has 0 aliphatic carbocycles. The average molecular weight is 165 g/mol. The molecule has 0 atom stereocenters. The zero-order valence-corrected chi connectivity index (χ0v) is 6.42. The van der Waals surface area contributed by atoms with Gasteiger partial charge in [0, 0.05) is 6.42 Å². The molecular formula is C9H8FNO. The Labute approximate surface area is 69.9 Å². The standard InChI is InChI=1S/C9H8FNO/c10-8-5-1-3-7(9(8)12)4-2-6-11/h1,3,5,12H,2,4H2. The van der Waals surface area contributed by atoms with E-state index in [-0.39, 0.29) is 12.2 Å². The molecule has 62 valence electrons. The van der Waals surface area contributed by atoms with Gasteiger partial charge >= 0.3 is 0 Å². The van der Waals surface area contributed by atoms with Gasteiger partial charge in [-0.1, -0.05) is 12.1 Å². The molecule has 0 aromatic heterocycles. The molecule has 0 unspecified atom stereocenters. The van der Waals surface area contributed by atoms with Crippen LogP contribution < -0.4 is 0 Å². The van der Waals surface area contributed by atoms with Crippen LogP contribution in [0.5, 0.6) is 5.75 Å². The molecule has 0 radical (unpaired) electrons. The molecule has 1 aromatic rings. The number of halogens is 1. The maximum atomic E-state index is 12.7. The number of phenols is 1. The Morgan fingerprint density at radius 2 is 2.25 bits per heavy atom. The fourth-order valence-corrected chi connectivity index (χ4v) is 0.952. The Morgan fingerprint density at radius 1 is 1.50 bits per heavy atom. The summed E-state index contributed by atoms with van der Waals surface area (Å²) in [5.41, 5.74) is 0.483. The van der Waals surface area contributed by atoms with E-state index in [0.29, 0.717) is 12.0 Å². The molecular weight excluding hydrogens is 157 g/mol. The smallest absolute Gasteiger partial charge is 0.165 e. The normalized spacial score (nSPS) is 9.33. The maximum absolute atomic E-state index is 12.7. The highest BCUT2D eigenvalue weighted by Crippen LogP contribution is 2.21. The minimum Gasteiger partial charge on any atom is -0.505 e. The van der Waals surface area contributed by atoms with Crippen molar-refractivity contribution >= 4 is 0 Å². The number of nitrogens with zero attached hydrogens (tertiary/aromatic N) is 1. The van der Waals surface area contributed by atoms with Gasteiger partial charge in [0.05, 0.1) is 6.07 Å². The number of benzene rings is 1. The van der Waals surface area contributed by atoms with Gasteiger partial charge in [-0.2, -0.15) is 5.26 Å².